The van der Waals surface area contributed by atoms with Crippen LogP contribution < -0.4 is 11.1 Å². The number of nitrogens with one attached hydrogen (secondary N) is 1. The fourth-order valence-corrected chi connectivity index (χ4v) is 5.20. The summed E-state index contributed by atoms with van der Waals surface area (Å²) in [6.45, 7) is 2.12. The lowest BCUT2D eigenvalue weighted by atomic mass is 9.90. The Kier molecular flexibility index (Phi) is 5.25. The summed E-state index contributed by atoms with van der Waals surface area (Å²) in [5, 5.41) is 3.90. The number of hydrogen-bond donors (Lipinski definition) is 2. The van der Waals surface area contributed by atoms with Crippen molar-refractivity contribution in [2.75, 3.05) is 25.5 Å². The van der Waals surface area contributed by atoms with Gasteiger partial charge in [-0.2, -0.15) is 0 Å². The Labute approximate surface area is 145 Å². The maximum Gasteiger partial charge on any atom is 0.251 e. The lowest BCUT2D eigenvalue weighted by molar-refractivity contribution is 0.100. The van der Waals surface area contributed by atoms with E-state index in [1.807, 2.05) is 13.1 Å². The Hall–Kier alpha value is -1.50. The predicted molar refractivity (Wildman–Crippen MR) is 98.2 cm³/mol. The molecule has 0 radical (unpaired) electrons. The molecule has 122 valence electrons. The average Bonchev–Trinajstić information content (AvgIpc) is 2.99. The molecule has 0 bridgehead atoms. The number of carbonyl (C=O) groups excluding carboxylic acids is 1. The van der Waals surface area contributed by atoms with E-state index in [-0.39, 0.29) is 5.91 Å². The molecule has 0 atom stereocenters. The van der Waals surface area contributed by atoms with Crippen LogP contribution in [0.4, 0.5) is 5.00 Å². The number of amides is 1. The number of nitrogens with two attached hydrogens (primary N) is 1. The highest BCUT2D eigenvalue weighted by Gasteiger charge is 2.22. The van der Waals surface area contributed by atoms with Gasteiger partial charge in [0.25, 0.3) is 5.91 Å². The van der Waals surface area contributed by atoms with Crippen LogP contribution in [0.2, 0.25) is 0 Å². The van der Waals surface area contributed by atoms with Crippen LogP contribution in [0, 0.1) is 0 Å². The monoisotopic (exact) mass is 347 g/mol. The van der Waals surface area contributed by atoms with Gasteiger partial charge in [0.1, 0.15) is 5.00 Å². The molecule has 1 aromatic carbocycles. The minimum Gasteiger partial charge on any atom is -0.379 e. The van der Waals surface area contributed by atoms with Crippen LogP contribution in [-0.4, -0.2) is 30.3 Å². The van der Waals surface area contributed by atoms with Gasteiger partial charge in [-0.1, -0.05) is 30.3 Å². The number of thiophene rings is 1. The second-order valence-corrected chi connectivity index (χ2v) is 8.08. The van der Waals surface area contributed by atoms with E-state index in [0.29, 0.717) is 11.5 Å². The lowest BCUT2D eigenvalue weighted by Crippen LogP contribution is -2.27. The summed E-state index contributed by atoms with van der Waals surface area (Å²) in [6.07, 6.45) is 2.34. The highest BCUT2D eigenvalue weighted by molar-refractivity contribution is 7.99. The van der Waals surface area contributed by atoms with Crippen LogP contribution in [0.25, 0.3) is 0 Å². The lowest BCUT2D eigenvalue weighted by Gasteiger charge is -2.30. The van der Waals surface area contributed by atoms with Crippen LogP contribution >= 0.6 is 23.3 Å². The molecule has 1 aliphatic heterocycles. The number of carbonyl (C=O) groups is 1. The van der Waals surface area contributed by atoms with Crippen molar-refractivity contribution >= 4 is 34.2 Å². The third-order valence-corrected chi connectivity index (χ3v) is 6.49. The minimum absolute atomic E-state index is 0.375. The zero-order chi connectivity index (χ0) is 16.2. The third kappa shape index (κ3) is 3.88. The zero-order valence-electron chi connectivity index (χ0n) is 13.1. The molecule has 4 nitrogen and oxygen atoms in total. The molecular formula is C17H21N3OS2. The number of hydrogen-bond acceptors (Lipinski definition) is 5. The summed E-state index contributed by atoms with van der Waals surface area (Å²) in [7, 11) is 1.82. The summed E-state index contributed by atoms with van der Waals surface area (Å²) in [5.74, 6) is 0.283. The number of anilines is 1. The van der Waals surface area contributed by atoms with E-state index in [1.54, 1.807) is 23.3 Å². The summed E-state index contributed by atoms with van der Waals surface area (Å²) >= 11 is 3.32. The first kappa shape index (κ1) is 16.4. The molecule has 1 fully saturated rings. The summed E-state index contributed by atoms with van der Waals surface area (Å²) < 4.78 is 3.50. The minimum atomic E-state index is -0.375. The first-order chi connectivity index (χ1) is 11.2. The van der Waals surface area contributed by atoms with Crippen molar-refractivity contribution in [2.24, 2.45) is 5.73 Å². The molecule has 3 N–H and O–H groups in total. The van der Waals surface area contributed by atoms with E-state index >= 15 is 0 Å². The largest absolute Gasteiger partial charge is 0.379 e. The van der Waals surface area contributed by atoms with Crippen molar-refractivity contribution in [2.45, 2.75) is 23.0 Å². The number of piperidine rings is 1. The highest BCUT2D eigenvalue weighted by atomic mass is 32.2. The van der Waals surface area contributed by atoms with Crippen molar-refractivity contribution in [3.8, 4) is 0 Å². The Balaban J connectivity index is 1.60. The maximum absolute atomic E-state index is 11.5. The van der Waals surface area contributed by atoms with Crippen LogP contribution in [-0.2, 0) is 0 Å². The van der Waals surface area contributed by atoms with E-state index in [4.69, 9.17) is 5.73 Å². The van der Waals surface area contributed by atoms with Gasteiger partial charge in [-0.25, -0.2) is 4.31 Å². The van der Waals surface area contributed by atoms with E-state index in [1.165, 1.54) is 18.4 Å². The number of rotatable bonds is 5. The van der Waals surface area contributed by atoms with Crippen molar-refractivity contribution in [3.05, 3.63) is 47.5 Å². The van der Waals surface area contributed by atoms with Gasteiger partial charge in [-0.15, -0.1) is 11.3 Å². The molecule has 1 aromatic heterocycles. The summed E-state index contributed by atoms with van der Waals surface area (Å²) in [4.78, 5) is 11.5. The molecule has 2 aromatic rings. The highest BCUT2D eigenvalue weighted by Crippen LogP contribution is 2.39. The van der Waals surface area contributed by atoms with Crippen LogP contribution in [0.5, 0.6) is 0 Å². The first-order valence-electron chi connectivity index (χ1n) is 7.76. The van der Waals surface area contributed by atoms with E-state index in [9.17, 15) is 4.79 Å². The van der Waals surface area contributed by atoms with Gasteiger partial charge in [0.15, 0.2) is 0 Å². The molecular weight excluding hydrogens is 326 g/mol. The van der Waals surface area contributed by atoms with E-state index in [0.717, 1.165) is 22.3 Å². The molecule has 6 heteroatoms. The first-order valence-corrected chi connectivity index (χ1v) is 9.35. The normalized spacial score (nSPS) is 16.4. The number of primary amides is 1. The molecule has 2 heterocycles. The van der Waals surface area contributed by atoms with Crippen LogP contribution in [0.15, 0.2) is 40.6 Å². The Morgan fingerprint density at radius 2 is 2.00 bits per heavy atom. The van der Waals surface area contributed by atoms with Crippen molar-refractivity contribution < 1.29 is 4.79 Å². The van der Waals surface area contributed by atoms with Crippen LogP contribution in [0.3, 0.4) is 0 Å². The maximum atomic E-state index is 11.5. The van der Waals surface area contributed by atoms with Gasteiger partial charge in [0.05, 0.1) is 9.77 Å². The SMILES string of the molecule is CNc1sc(SN2CCC(c3ccccc3)CC2)cc1C(N)=O. The fraction of sp³-hybridized carbons (Fsp3) is 0.353. The molecule has 1 amide bonds. The van der Waals surface area contributed by atoms with Gasteiger partial charge >= 0.3 is 0 Å². The second kappa shape index (κ2) is 7.38. The van der Waals surface area contributed by atoms with Gasteiger partial charge in [-0.05, 0) is 42.3 Å². The number of nitrogens with zero attached hydrogens (tertiary/aromatic N) is 1. The molecule has 0 spiro atoms. The molecule has 0 saturated carbocycles. The Morgan fingerprint density at radius 1 is 1.30 bits per heavy atom. The van der Waals surface area contributed by atoms with Gasteiger partial charge in [-0.3, -0.25) is 4.79 Å². The van der Waals surface area contributed by atoms with Crippen molar-refractivity contribution in [1.82, 2.24) is 4.31 Å². The summed E-state index contributed by atoms with van der Waals surface area (Å²) in [5.41, 5.74) is 7.45. The molecule has 1 aliphatic rings. The van der Waals surface area contributed by atoms with E-state index < -0.39 is 0 Å². The predicted octanol–water partition coefficient (Wildman–Crippen LogP) is 3.78. The number of benzene rings is 1. The quantitative estimate of drug-likeness (QED) is 0.808. The Bertz CT molecular complexity index is 664. The van der Waals surface area contributed by atoms with Gasteiger partial charge in [0, 0.05) is 20.1 Å². The Morgan fingerprint density at radius 3 is 2.57 bits per heavy atom. The molecule has 1 saturated heterocycles. The fourth-order valence-electron chi connectivity index (χ4n) is 2.92. The zero-order valence-corrected chi connectivity index (χ0v) is 14.8. The summed E-state index contributed by atoms with van der Waals surface area (Å²) in [6, 6.07) is 12.7. The smallest absolute Gasteiger partial charge is 0.251 e. The standard InChI is InChI=1S/C17H21N3OS2/c1-19-17-14(16(18)21)11-15(22-17)23-20-9-7-13(8-10-20)12-5-3-2-4-6-12/h2-6,11,13,19H,7-10H2,1H3,(H2,18,21). The van der Waals surface area contributed by atoms with Crippen molar-refractivity contribution in [1.29, 1.82) is 0 Å². The van der Waals surface area contributed by atoms with Gasteiger partial charge < -0.3 is 11.1 Å². The van der Waals surface area contributed by atoms with Gasteiger partial charge in [0.2, 0.25) is 0 Å². The average molecular weight is 348 g/mol. The van der Waals surface area contributed by atoms with Crippen LogP contribution in [0.1, 0.15) is 34.7 Å². The van der Waals surface area contributed by atoms with E-state index in [2.05, 4.69) is 40.0 Å². The molecule has 0 aliphatic carbocycles. The topological polar surface area (TPSA) is 58.4 Å². The molecule has 3 rings (SSSR count). The molecule has 23 heavy (non-hydrogen) atoms. The second-order valence-electron chi connectivity index (χ2n) is 5.63. The molecule has 0 unspecified atom stereocenters. The van der Waals surface area contributed by atoms with Crippen molar-refractivity contribution in [3.63, 3.8) is 0 Å². The third-order valence-electron chi connectivity index (χ3n) is 4.15.